The molecular formula is C15H11Br2FN2O2. The Morgan fingerprint density at radius 2 is 1.77 bits per heavy atom. The van der Waals surface area contributed by atoms with E-state index in [0.29, 0.717) is 15.8 Å². The van der Waals surface area contributed by atoms with Crippen LogP contribution in [-0.4, -0.2) is 11.8 Å². The van der Waals surface area contributed by atoms with Crippen LogP contribution in [-0.2, 0) is 4.79 Å². The van der Waals surface area contributed by atoms with E-state index in [9.17, 15) is 14.0 Å². The van der Waals surface area contributed by atoms with Crippen LogP contribution in [0, 0.1) is 5.82 Å². The van der Waals surface area contributed by atoms with Gasteiger partial charge in [-0.25, -0.2) is 4.39 Å². The third-order valence-electron chi connectivity index (χ3n) is 2.71. The standard InChI is InChI=1S/C15H11Br2FN2O2/c1-8(21)19-10-3-4-13(18)11(7-10)15(22)20-14-5-2-9(16)6-12(14)17/h2-7H,1H3,(H,19,21)(H,20,22). The zero-order valence-electron chi connectivity index (χ0n) is 11.4. The number of hydrogen-bond donors (Lipinski definition) is 2. The quantitative estimate of drug-likeness (QED) is 0.751. The summed E-state index contributed by atoms with van der Waals surface area (Å²) in [6.07, 6.45) is 0. The first kappa shape index (κ1) is 16.6. The van der Waals surface area contributed by atoms with E-state index in [0.717, 1.165) is 10.5 Å². The van der Waals surface area contributed by atoms with Crippen molar-refractivity contribution >= 4 is 55.0 Å². The van der Waals surface area contributed by atoms with E-state index in [2.05, 4.69) is 42.5 Å². The fourth-order valence-corrected chi connectivity index (χ4v) is 2.91. The smallest absolute Gasteiger partial charge is 0.258 e. The van der Waals surface area contributed by atoms with Gasteiger partial charge in [0.25, 0.3) is 5.91 Å². The Labute approximate surface area is 143 Å². The van der Waals surface area contributed by atoms with Crippen LogP contribution in [0.25, 0.3) is 0 Å². The van der Waals surface area contributed by atoms with Crippen LogP contribution in [0.2, 0.25) is 0 Å². The highest BCUT2D eigenvalue weighted by Crippen LogP contribution is 2.27. The molecule has 0 saturated heterocycles. The number of benzene rings is 2. The highest BCUT2D eigenvalue weighted by molar-refractivity contribution is 9.11. The number of amides is 2. The summed E-state index contributed by atoms with van der Waals surface area (Å²) < 4.78 is 15.3. The van der Waals surface area contributed by atoms with Crippen LogP contribution in [0.4, 0.5) is 15.8 Å². The van der Waals surface area contributed by atoms with Gasteiger partial charge in [0.05, 0.1) is 11.3 Å². The van der Waals surface area contributed by atoms with Crippen molar-refractivity contribution < 1.29 is 14.0 Å². The number of carbonyl (C=O) groups is 2. The lowest BCUT2D eigenvalue weighted by Crippen LogP contribution is -2.15. The Morgan fingerprint density at radius 1 is 1.05 bits per heavy atom. The fraction of sp³-hybridized carbons (Fsp3) is 0.0667. The van der Waals surface area contributed by atoms with Crippen molar-refractivity contribution in [2.24, 2.45) is 0 Å². The average molecular weight is 430 g/mol. The molecule has 2 N–H and O–H groups in total. The minimum Gasteiger partial charge on any atom is -0.326 e. The Hall–Kier alpha value is -1.73. The molecule has 0 unspecified atom stereocenters. The van der Waals surface area contributed by atoms with Crippen LogP contribution < -0.4 is 10.6 Å². The topological polar surface area (TPSA) is 58.2 Å². The van der Waals surface area contributed by atoms with Crippen molar-refractivity contribution in [3.8, 4) is 0 Å². The maximum absolute atomic E-state index is 13.8. The molecule has 114 valence electrons. The molecular weight excluding hydrogens is 419 g/mol. The van der Waals surface area contributed by atoms with Gasteiger partial charge in [-0.15, -0.1) is 0 Å². The number of nitrogens with one attached hydrogen (secondary N) is 2. The Balaban J connectivity index is 2.26. The van der Waals surface area contributed by atoms with E-state index >= 15 is 0 Å². The third-order valence-corrected chi connectivity index (χ3v) is 3.86. The molecule has 0 fully saturated rings. The number of halogens is 3. The minimum absolute atomic E-state index is 0.152. The lowest BCUT2D eigenvalue weighted by molar-refractivity contribution is -0.114. The molecule has 22 heavy (non-hydrogen) atoms. The van der Waals surface area contributed by atoms with Gasteiger partial charge >= 0.3 is 0 Å². The molecule has 0 heterocycles. The van der Waals surface area contributed by atoms with Gasteiger partial charge in [0.1, 0.15) is 5.82 Å². The second-order valence-electron chi connectivity index (χ2n) is 4.45. The van der Waals surface area contributed by atoms with E-state index in [1.807, 2.05) is 0 Å². The third kappa shape index (κ3) is 4.14. The van der Waals surface area contributed by atoms with Gasteiger partial charge in [-0.05, 0) is 52.3 Å². The summed E-state index contributed by atoms with van der Waals surface area (Å²) in [6, 6.07) is 9.02. The Morgan fingerprint density at radius 3 is 2.41 bits per heavy atom. The molecule has 0 aromatic heterocycles. The first-order valence-electron chi connectivity index (χ1n) is 6.20. The molecule has 7 heteroatoms. The summed E-state index contributed by atoms with van der Waals surface area (Å²) in [4.78, 5) is 23.2. The zero-order chi connectivity index (χ0) is 16.3. The molecule has 2 aromatic carbocycles. The average Bonchev–Trinajstić information content (AvgIpc) is 2.43. The van der Waals surface area contributed by atoms with Crippen molar-refractivity contribution in [3.05, 3.63) is 56.7 Å². The van der Waals surface area contributed by atoms with E-state index in [1.54, 1.807) is 18.2 Å². The van der Waals surface area contributed by atoms with Crippen molar-refractivity contribution in [2.45, 2.75) is 6.92 Å². The molecule has 2 amide bonds. The number of hydrogen-bond acceptors (Lipinski definition) is 2. The van der Waals surface area contributed by atoms with E-state index in [-0.39, 0.29) is 11.5 Å². The lowest BCUT2D eigenvalue weighted by atomic mass is 10.1. The van der Waals surface area contributed by atoms with Crippen LogP contribution in [0.3, 0.4) is 0 Å². The van der Waals surface area contributed by atoms with E-state index < -0.39 is 11.7 Å². The van der Waals surface area contributed by atoms with Gasteiger partial charge in [0, 0.05) is 21.6 Å². The number of rotatable bonds is 3. The second-order valence-corrected chi connectivity index (χ2v) is 6.22. The van der Waals surface area contributed by atoms with Gasteiger partial charge < -0.3 is 10.6 Å². The van der Waals surface area contributed by atoms with Crippen LogP contribution >= 0.6 is 31.9 Å². The molecule has 0 radical (unpaired) electrons. The summed E-state index contributed by atoms with van der Waals surface area (Å²) in [5.41, 5.74) is 0.715. The minimum atomic E-state index is -0.667. The molecule has 2 rings (SSSR count). The summed E-state index contributed by atoms with van der Waals surface area (Å²) in [6.45, 7) is 1.34. The predicted octanol–water partition coefficient (Wildman–Crippen LogP) is 4.56. The van der Waals surface area contributed by atoms with Crippen molar-refractivity contribution in [3.63, 3.8) is 0 Å². The highest BCUT2D eigenvalue weighted by atomic mass is 79.9. The monoisotopic (exact) mass is 428 g/mol. The van der Waals surface area contributed by atoms with E-state index in [4.69, 9.17) is 0 Å². The first-order valence-corrected chi connectivity index (χ1v) is 7.79. The summed E-state index contributed by atoms with van der Waals surface area (Å²) in [5, 5.41) is 5.12. The van der Waals surface area contributed by atoms with Crippen LogP contribution in [0.5, 0.6) is 0 Å². The number of carbonyl (C=O) groups excluding carboxylic acids is 2. The van der Waals surface area contributed by atoms with E-state index in [1.165, 1.54) is 19.1 Å². The Bertz CT molecular complexity index is 750. The molecule has 0 saturated carbocycles. The maximum Gasteiger partial charge on any atom is 0.258 e. The second kappa shape index (κ2) is 7.02. The predicted molar refractivity (Wildman–Crippen MR) is 90.5 cm³/mol. The molecule has 4 nitrogen and oxygen atoms in total. The van der Waals surface area contributed by atoms with Crippen LogP contribution in [0.1, 0.15) is 17.3 Å². The summed E-state index contributed by atoms with van der Waals surface area (Å²) >= 11 is 6.63. The van der Waals surface area contributed by atoms with Gasteiger partial charge in [0.15, 0.2) is 0 Å². The largest absolute Gasteiger partial charge is 0.326 e. The summed E-state index contributed by atoms with van der Waals surface area (Å²) in [5.74, 6) is -1.57. The van der Waals surface area contributed by atoms with Gasteiger partial charge in [0.2, 0.25) is 5.91 Å². The normalized spacial score (nSPS) is 10.2. The van der Waals surface area contributed by atoms with Gasteiger partial charge in [-0.2, -0.15) is 0 Å². The lowest BCUT2D eigenvalue weighted by Gasteiger charge is -2.10. The van der Waals surface area contributed by atoms with Crippen molar-refractivity contribution in [2.75, 3.05) is 10.6 Å². The summed E-state index contributed by atoms with van der Waals surface area (Å²) in [7, 11) is 0. The molecule has 0 aliphatic rings. The molecule has 0 atom stereocenters. The van der Waals surface area contributed by atoms with Gasteiger partial charge in [-0.1, -0.05) is 15.9 Å². The van der Waals surface area contributed by atoms with Crippen LogP contribution in [0.15, 0.2) is 45.3 Å². The molecule has 0 bridgehead atoms. The SMILES string of the molecule is CC(=O)Nc1ccc(F)c(C(=O)Nc2ccc(Br)cc2Br)c1. The zero-order valence-corrected chi connectivity index (χ0v) is 14.6. The molecule has 0 spiro atoms. The fourth-order valence-electron chi connectivity index (χ4n) is 1.76. The Kier molecular flexibility index (Phi) is 5.31. The van der Waals surface area contributed by atoms with Crippen molar-refractivity contribution in [1.82, 2.24) is 0 Å². The molecule has 0 aliphatic carbocycles. The maximum atomic E-state index is 13.8. The van der Waals surface area contributed by atoms with Crippen molar-refractivity contribution in [1.29, 1.82) is 0 Å². The van der Waals surface area contributed by atoms with Gasteiger partial charge in [-0.3, -0.25) is 9.59 Å². The molecule has 0 aliphatic heterocycles. The number of anilines is 2. The molecule has 2 aromatic rings. The first-order chi connectivity index (χ1) is 10.4. The highest BCUT2D eigenvalue weighted by Gasteiger charge is 2.14.